The molecular weight excluding hydrogens is 334 g/mol. The van der Waals surface area contributed by atoms with Gasteiger partial charge in [-0.1, -0.05) is 24.3 Å². The Morgan fingerprint density at radius 2 is 2.00 bits per heavy atom. The van der Waals surface area contributed by atoms with Gasteiger partial charge in [-0.3, -0.25) is 0 Å². The van der Waals surface area contributed by atoms with Crippen LogP contribution in [0.5, 0.6) is 0 Å². The van der Waals surface area contributed by atoms with E-state index in [1.807, 2.05) is 0 Å². The molecule has 4 rings (SSSR count). The van der Waals surface area contributed by atoms with Crippen LogP contribution in [0, 0.1) is 0 Å². The lowest BCUT2D eigenvalue weighted by Crippen LogP contribution is -2.26. The number of anilines is 2. The van der Waals surface area contributed by atoms with Gasteiger partial charge in [-0.2, -0.15) is 0 Å². The van der Waals surface area contributed by atoms with Crippen LogP contribution in [0.2, 0.25) is 0 Å². The molecule has 0 fully saturated rings. The van der Waals surface area contributed by atoms with Gasteiger partial charge >= 0.3 is 0 Å². The standard InChI is InChI=1S/C22H29N5/c1-26-14-7-9-17-8-6-11-19(22(17)26)24-16-21-25-18-10-2-3-12-20(18)27(21)15-5-4-13-23/h2-3,6,8,10-12,24H,4-5,7,9,13-16,23H2,1H3. The van der Waals surface area contributed by atoms with E-state index in [4.69, 9.17) is 10.7 Å². The highest BCUT2D eigenvalue weighted by atomic mass is 15.1. The van der Waals surface area contributed by atoms with Gasteiger partial charge < -0.3 is 20.5 Å². The monoisotopic (exact) mass is 363 g/mol. The summed E-state index contributed by atoms with van der Waals surface area (Å²) in [4.78, 5) is 7.26. The summed E-state index contributed by atoms with van der Waals surface area (Å²) < 4.78 is 2.34. The highest BCUT2D eigenvalue weighted by Gasteiger charge is 2.18. The number of nitrogens with two attached hydrogens (primary N) is 1. The molecule has 0 atom stereocenters. The van der Waals surface area contributed by atoms with Crippen LogP contribution >= 0.6 is 0 Å². The maximum absolute atomic E-state index is 5.69. The van der Waals surface area contributed by atoms with E-state index < -0.39 is 0 Å². The summed E-state index contributed by atoms with van der Waals surface area (Å²) in [6.45, 7) is 3.54. The molecule has 0 saturated heterocycles. The quantitative estimate of drug-likeness (QED) is 0.628. The number of para-hydroxylation sites is 3. The average Bonchev–Trinajstić information content (AvgIpc) is 3.04. The van der Waals surface area contributed by atoms with Crippen LogP contribution in [-0.2, 0) is 19.5 Å². The second-order valence-electron chi connectivity index (χ2n) is 7.36. The molecule has 0 spiro atoms. The van der Waals surface area contributed by atoms with Crippen molar-refractivity contribution in [2.24, 2.45) is 5.73 Å². The van der Waals surface area contributed by atoms with E-state index in [9.17, 15) is 0 Å². The fraction of sp³-hybridized carbons (Fsp3) is 0.409. The van der Waals surface area contributed by atoms with Crippen LogP contribution in [-0.4, -0.2) is 29.7 Å². The van der Waals surface area contributed by atoms with Gasteiger partial charge in [-0.15, -0.1) is 0 Å². The minimum absolute atomic E-state index is 0.724. The average molecular weight is 364 g/mol. The number of rotatable bonds is 7. The molecule has 0 radical (unpaired) electrons. The van der Waals surface area contributed by atoms with Crippen molar-refractivity contribution in [2.45, 2.75) is 38.8 Å². The summed E-state index contributed by atoms with van der Waals surface area (Å²) >= 11 is 0. The van der Waals surface area contributed by atoms with Gasteiger partial charge in [0.05, 0.1) is 29.0 Å². The van der Waals surface area contributed by atoms with Crippen molar-refractivity contribution < 1.29 is 0 Å². The van der Waals surface area contributed by atoms with Crippen molar-refractivity contribution in [3.8, 4) is 0 Å². The molecule has 5 nitrogen and oxygen atoms in total. The Morgan fingerprint density at radius 1 is 1.11 bits per heavy atom. The number of imidazole rings is 1. The summed E-state index contributed by atoms with van der Waals surface area (Å²) in [5.74, 6) is 1.09. The van der Waals surface area contributed by atoms with Crippen molar-refractivity contribution in [1.29, 1.82) is 0 Å². The number of aryl methyl sites for hydroxylation is 2. The summed E-state index contributed by atoms with van der Waals surface area (Å²) in [5.41, 5.74) is 11.9. The number of hydrogen-bond donors (Lipinski definition) is 2. The van der Waals surface area contributed by atoms with Gasteiger partial charge in [0.15, 0.2) is 0 Å². The van der Waals surface area contributed by atoms with Crippen molar-refractivity contribution in [3.63, 3.8) is 0 Å². The van der Waals surface area contributed by atoms with Gasteiger partial charge in [-0.05, 0) is 56.0 Å². The minimum Gasteiger partial charge on any atom is -0.376 e. The molecule has 0 saturated carbocycles. The van der Waals surface area contributed by atoms with Crippen LogP contribution < -0.4 is 16.0 Å². The molecule has 142 valence electrons. The molecule has 0 bridgehead atoms. The lowest BCUT2D eigenvalue weighted by atomic mass is 10.0. The summed E-state index contributed by atoms with van der Waals surface area (Å²) in [6, 6.07) is 15.0. The summed E-state index contributed by atoms with van der Waals surface area (Å²) in [6.07, 6.45) is 4.50. The summed E-state index contributed by atoms with van der Waals surface area (Å²) in [7, 11) is 2.19. The second kappa shape index (κ2) is 8.01. The Morgan fingerprint density at radius 3 is 2.89 bits per heavy atom. The fourth-order valence-corrected chi connectivity index (χ4v) is 4.10. The van der Waals surface area contributed by atoms with E-state index >= 15 is 0 Å². The van der Waals surface area contributed by atoms with Crippen molar-refractivity contribution in [1.82, 2.24) is 9.55 Å². The Bertz CT molecular complexity index is 914. The zero-order valence-corrected chi connectivity index (χ0v) is 16.1. The number of aromatic nitrogens is 2. The molecule has 5 heteroatoms. The fourth-order valence-electron chi connectivity index (χ4n) is 4.10. The second-order valence-corrected chi connectivity index (χ2v) is 7.36. The smallest absolute Gasteiger partial charge is 0.129 e. The van der Waals surface area contributed by atoms with E-state index in [0.29, 0.717) is 0 Å². The third-order valence-electron chi connectivity index (χ3n) is 5.45. The van der Waals surface area contributed by atoms with Crippen LogP contribution in [0.3, 0.4) is 0 Å². The number of nitrogens with one attached hydrogen (secondary N) is 1. The third kappa shape index (κ3) is 3.65. The highest BCUT2D eigenvalue weighted by molar-refractivity contribution is 5.77. The first-order valence-electron chi connectivity index (χ1n) is 9.99. The Balaban J connectivity index is 1.60. The zero-order valence-electron chi connectivity index (χ0n) is 16.1. The maximum Gasteiger partial charge on any atom is 0.129 e. The van der Waals surface area contributed by atoms with Gasteiger partial charge in [-0.25, -0.2) is 4.98 Å². The molecule has 0 aliphatic carbocycles. The number of unbranched alkanes of at least 4 members (excludes halogenated alkanes) is 1. The van der Waals surface area contributed by atoms with Crippen molar-refractivity contribution >= 4 is 22.4 Å². The number of fused-ring (bicyclic) bond motifs is 2. The Hall–Kier alpha value is -2.53. The minimum atomic E-state index is 0.724. The van der Waals surface area contributed by atoms with Gasteiger partial charge in [0.1, 0.15) is 5.82 Å². The number of nitrogens with zero attached hydrogens (tertiary/aromatic N) is 3. The van der Waals surface area contributed by atoms with E-state index in [2.05, 4.69) is 64.3 Å². The zero-order chi connectivity index (χ0) is 18.6. The molecule has 0 amide bonds. The van der Waals surface area contributed by atoms with Crippen LogP contribution in [0.4, 0.5) is 11.4 Å². The van der Waals surface area contributed by atoms with Crippen LogP contribution in [0.1, 0.15) is 30.7 Å². The Labute approximate surface area is 161 Å². The van der Waals surface area contributed by atoms with Gasteiger partial charge in [0.25, 0.3) is 0 Å². The third-order valence-corrected chi connectivity index (χ3v) is 5.45. The first-order chi connectivity index (χ1) is 13.3. The van der Waals surface area contributed by atoms with Gasteiger partial charge in [0.2, 0.25) is 0 Å². The molecular formula is C22H29N5. The predicted molar refractivity (Wildman–Crippen MR) is 113 cm³/mol. The number of benzene rings is 2. The normalized spacial score (nSPS) is 13.8. The predicted octanol–water partition coefficient (Wildman–Crippen LogP) is 3.77. The van der Waals surface area contributed by atoms with Crippen molar-refractivity contribution in [3.05, 3.63) is 53.9 Å². The highest BCUT2D eigenvalue weighted by Crippen LogP contribution is 2.34. The molecule has 27 heavy (non-hydrogen) atoms. The van der Waals surface area contributed by atoms with E-state index in [-0.39, 0.29) is 0 Å². The molecule has 2 heterocycles. The van der Waals surface area contributed by atoms with Crippen molar-refractivity contribution in [2.75, 3.05) is 30.4 Å². The SMILES string of the molecule is CN1CCCc2cccc(NCc3nc4ccccc4n3CCCCN)c21. The largest absolute Gasteiger partial charge is 0.376 e. The van der Waals surface area contributed by atoms with E-state index in [1.165, 1.54) is 28.9 Å². The maximum atomic E-state index is 5.69. The first kappa shape index (κ1) is 17.9. The molecule has 1 aromatic heterocycles. The van der Waals surface area contributed by atoms with Gasteiger partial charge in [0, 0.05) is 20.1 Å². The van der Waals surface area contributed by atoms with Crippen LogP contribution in [0.15, 0.2) is 42.5 Å². The molecule has 2 aromatic carbocycles. The molecule has 1 aliphatic rings. The first-order valence-corrected chi connectivity index (χ1v) is 9.99. The molecule has 3 aromatic rings. The topological polar surface area (TPSA) is 59.1 Å². The Kier molecular flexibility index (Phi) is 5.30. The van der Waals surface area contributed by atoms with Crippen LogP contribution in [0.25, 0.3) is 11.0 Å². The lowest BCUT2D eigenvalue weighted by Gasteiger charge is -2.30. The lowest BCUT2D eigenvalue weighted by molar-refractivity contribution is 0.606. The number of hydrogen-bond acceptors (Lipinski definition) is 4. The van der Waals surface area contributed by atoms with E-state index in [0.717, 1.165) is 56.8 Å². The molecule has 0 unspecified atom stereocenters. The summed E-state index contributed by atoms with van der Waals surface area (Å²) in [5, 5.41) is 3.66. The molecule has 1 aliphatic heterocycles. The van der Waals surface area contributed by atoms with E-state index in [1.54, 1.807) is 0 Å². The molecule has 3 N–H and O–H groups in total.